The molecule has 0 aromatic carbocycles. The van der Waals surface area contributed by atoms with Gasteiger partial charge < -0.3 is 10.6 Å². The van der Waals surface area contributed by atoms with Crippen molar-refractivity contribution in [2.24, 2.45) is 11.8 Å². The monoisotopic (exact) mass is 226 g/mol. The summed E-state index contributed by atoms with van der Waals surface area (Å²) in [5.41, 5.74) is 6.34. The van der Waals surface area contributed by atoms with E-state index in [1.54, 1.807) is 0 Å². The quantitative estimate of drug-likeness (QED) is 0.742. The van der Waals surface area contributed by atoms with Crippen molar-refractivity contribution < 1.29 is 0 Å². The Kier molecular flexibility index (Phi) is 2.69. The molecule has 1 saturated heterocycles. The number of aromatic nitrogens is 2. The van der Waals surface area contributed by atoms with E-state index in [0.29, 0.717) is 22.7 Å². The van der Waals surface area contributed by atoms with Crippen LogP contribution < -0.4 is 10.6 Å². The van der Waals surface area contributed by atoms with Gasteiger partial charge in [0.05, 0.1) is 0 Å². The summed E-state index contributed by atoms with van der Waals surface area (Å²) < 4.78 is 0. The zero-order valence-corrected chi connectivity index (χ0v) is 9.70. The minimum atomic E-state index is 0.340. The lowest BCUT2D eigenvalue weighted by Gasteiger charge is -2.18. The molecule has 82 valence electrons. The average Bonchev–Trinajstić information content (AvgIpc) is 2.51. The SMILES string of the molecule is CC1CN(c2ncnc(Cl)c2N)CC1C. The van der Waals surface area contributed by atoms with E-state index in [-0.39, 0.29) is 0 Å². The van der Waals surface area contributed by atoms with Crippen molar-refractivity contribution in [1.29, 1.82) is 0 Å². The predicted molar refractivity (Wildman–Crippen MR) is 62.0 cm³/mol. The molecule has 0 spiro atoms. The van der Waals surface area contributed by atoms with Crippen LogP contribution in [0.1, 0.15) is 13.8 Å². The summed E-state index contributed by atoms with van der Waals surface area (Å²) in [6.07, 6.45) is 1.46. The number of nitrogens with zero attached hydrogens (tertiary/aromatic N) is 3. The first-order valence-corrected chi connectivity index (χ1v) is 5.48. The zero-order valence-electron chi connectivity index (χ0n) is 8.94. The molecule has 1 aromatic heterocycles. The van der Waals surface area contributed by atoms with E-state index in [4.69, 9.17) is 17.3 Å². The molecule has 0 aliphatic carbocycles. The molecule has 2 atom stereocenters. The molecule has 0 bridgehead atoms. The van der Waals surface area contributed by atoms with Gasteiger partial charge in [-0.2, -0.15) is 0 Å². The van der Waals surface area contributed by atoms with Crippen LogP contribution in [0.15, 0.2) is 6.33 Å². The Bertz CT molecular complexity index is 358. The van der Waals surface area contributed by atoms with Crippen molar-refractivity contribution >= 4 is 23.1 Å². The molecule has 5 heteroatoms. The van der Waals surface area contributed by atoms with Crippen LogP contribution in [0.25, 0.3) is 0 Å². The number of nitrogens with two attached hydrogens (primary N) is 1. The van der Waals surface area contributed by atoms with E-state index in [1.165, 1.54) is 6.33 Å². The number of anilines is 2. The van der Waals surface area contributed by atoms with Crippen LogP contribution in [0.4, 0.5) is 11.5 Å². The van der Waals surface area contributed by atoms with Crippen LogP contribution in [-0.4, -0.2) is 23.1 Å². The average molecular weight is 227 g/mol. The third kappa shape index (κ3) is 1.86. The molecular formula is C10H15ClN4. The normalized spacial score (nSPS) is 25.9. The molecule has 4 nitrogen and oxygen atoms in total. The maximum absolute atomic E-state index is 5.86. The van der Waals surface area contributed by atoms with E-state index in [1.807, 2.05) is 0 Å². The van der Waals surface area contributed by atoms with Crippen molar-refractivity contribution in [1.82, 2.24) is 9.97 Å². The van der Waals surface area contributed by atoms with Gasteiger partial charge in [0, 0.05) is 13.1 Å². The van der Waals surface area contributed by atoms with Gasteiger partial charge in [-0.25, -0.2) is 9.97 Å². The van der Waals surface area contributed by atoms with Gasteiger partial charge in [-0.15, -0.1) is 0 Å². The fourth-order valence-corrected chi connectivity index (χ4v) is 2.05. The van der Waals surface area contributed by atoms with E-state index in [2.05, 4.69) is 28.7 Å². The van der Waals surface area contributed by atoms with Crippen LogP contribution in [0.5, 0.6) is 0 Å². The standard InChI is InChI=1S/C10H15ClN4/c1-6-3-15(4-7(6)2)10-8(12)9(11)13-5-14-10/h5-7H,3-4,12H2,1-2H3. The summed E-state index contributed by atoms with van der Waals surface area (Å²) >= 11 is 5.86. The molecule has 1 aliphatic rings. The number of halogens is 1. The van der Waals surface area contributed by atoms with Gasteiger partial charge >= 0.3 is 0 Å². The second-order valence-corrected chi connectivity index (χ2v) is 4.62. The predicted octanol–water partition coefficient (Wildman–Crippen LogP) is 1.80. The Morgan fingerprint density at radius 1 is 1.33 bits per heavy atom. The Labute approximate surface area is 94.5 Å². The Hall–Kier alpha value is -1.03. The molecule has 0 saturated carbocycles. The maximum Gasteiger partial charge on any atom is 0.157 e. The molecule has 2 heterocycles. The first-order valence-electron chi connectivity index (χ1n) is 5.10. The first kappa shape index (κ1) is 10.5. The molecule has 2 N–H and O–H groups in total. The van der Waals surface area contributed by atoms with Crippen molar-refractivity contribution in [2.75, 3.05) is 23.7 Å². The van der Waals surface area contributed by atoms with E-state index >= 15 is 0 Å². The molecule has 1 fully saturated rings. The second-order valence-electron chi connectivity index (χ2n) is 4.26. The fraction of sp³-hybridized carbons (Fsp3) is 0.600. The lowest BCUT2D eigenvalue weighted by Crippen LogP contribution is -2.22. The highest BCUT2D eigenvalue weighted by molar-refractivity contribution is 6.32. The summed E-state index contributed by atoms with van der Waals surface area (Å²) in [5.74, 6) is 2.10. The number of nitrogen functional groups attached to an aromatic ring is 1. The molecule has 1 aromatic rings. The van der Waals surface area contributed by atoms with Gasteiger partial charge in [0.15, 0.2) is 11.0 Å². The lowest BCUT2D eigenvalue weighted by atomic mass is 10.0. The topological polar surface area (TPSA) is 55.0 Å². The van der Waals surface area contributed by atoms with Gasteiger partial charge in [-0.1, -0.05) is 25.4 Å². The van der Waals surface area contributed by atoms with E-state index < -0.39 is 0 Å². The van der Waals surface area contributed by atoms with Crippen molar-refractivity contribution in [3.05, 3.63) is 11.5 Å². The minimum absolute atomic E-state index is 0.340. The second kappa shape index (κ2) is 3.85. The van der Waals surface area contributed by atoms with Crippen LogP contribution >= 0.6 is 11.6 Å². The Morgan fingerprint density at radius 2 is 1.93 bits per heavy atom. The van der Waals surface area contributed by atoms with Gasteiger partial charge in [-0.05, 0) is 11.8 Å². The van der Waals surface area contributed by atoms with Crippen LogP contribution in [-0.2, 0) is 0 Å². The third-order valence-corrected chi connectivity index (χ3v) is 3.40. The van der Waals surface area contributed by atoms with Gasteiger partial charge in [-0.3, -0.25) is 0 Å². The molecule has 2 unspecified atom stereocenters. The number of rotatable bonds is 1. The van der Waals surface area contributed by atoms with E-state index in [9.17, 15) is 0 Å². The zero-order chi connectivity index (χ0) is 11.0. The smallest absolute Gasteiger partial charge is 0.157 e. The highest BCUT2D eigenvalue weighted by Gasteiger charge is 2.28. The number of hydrogen-bond donors (Lipinski definition) is 1. The summed E-state index contributed by atoms with van der Waals surface area (Å²) in [6, 6.07) is 0. The summed E-state index contributed by atoms with van der Waals surface area (Å²) in [7, 11) is 0. The fourth-order valence-electron chi connectivity index (χ4n) is 1.92. The number of hydrogen-bond acceptors (Lipinski definition) is 4. The molecule has 15 heavy (non-hydrogen) atoms. The summed E-state index contributed by atoms with van der Waals surface area (Å²) in [4.78, 5) is 10.2. The molecular weight excluding hydrogens is 212 g/mol. The molecule has 0 amide bonds. The van der Waals surface area contributed by atoms with Crippen LogP contribution in [0, 0.1) is 11.8 Å². The van der Waals surface area contributed by atoms with Gasteiger partial charge in [0.2, 0.25) is 0 Å². The van der Waals surface area contributed by atoms with Crippen molar-refractivity contribution in [3.63, 3.8) is 0 Å². The minimum Gasteiger partial charge on any atom is -0.393 e. The lowest BCUT2D eigenvalue weighted by molar-refractivity contribution is 0.494. The van der Waals surface area contributed by atoms with Crippen LogP contribution in [0.3, 0.4) is 0 Å². The summed E-state index contributed by atoms with van der Waals surface area (Å²) in [6.45, 7) is 6.45. The highest BCUT2D eigenvalue weighted by Crippen LogP contribution is 2.31. The van der Waals surface area contributed by atoms with Crippen molar-refractivity contribution in [3.8, 4) is 0 Å². The Morgan fingerprint density at radius 3 is 2.53 bits per heavy atom. The van der Waals surface area contributed by atoms with Crippen LogP contribution in [0.2, 0.25) is 5.15 Å². The highest BCUT2D eigenvalue weighted by atomic mass is 35.5. The summed E-state index contributed by atoms with van der Waals surface area (Å²) in [5, 5.41) is 0.340. The third-order valence-electron chi connectivity index (χ3n) is 3.10. The van der Waals surface area contributed by atoms with Gasteiger partial charge in [0.1, 0.15) is 12.0 Å². The first-order chi connectivity index (χ1) is 7.09. The van der Waals surface area contributed by atoms with Gasteiger partial charge in [0.25, 0.3) is 0 Å². The maximum atomic E-state index is 5.86. The van der Waals surface area contributed by atoms with Crippen molar-refractivity contribution in [2.45, 2.75) is 13.8 Å². The molecule has 1 aliphatic heterocycles. The molecule has 0 radical (unpaired) electrons. The molecule has 2 rings (SSSR count). The van der Waals surface area contributed by atoms with E-state index in [0.717, 1.165) is 18.9 Å². The Balaban J connectivity index is 2.27. The largest absolute Gasteiger partial charge is 0.393 e.